The zero-order valence-electron chi connectivity index (χ0n) is 10.4. The van der Waals surface area contributed by atoms with Crippen molar-refractivity contribution in [3.63, 3.8) is 0 Å². The summed E-state index contributed by atoms with van der Waals surface area (Å²) in [5.41, 5.74) is -0.486. The van der Waals surface area contributed by atoms with Gasteiger partial charge in [-0.1, -0.05) is 15.9 Å². The maximum absolute atomic E-state index is 13.5. The number of halogens is 4. The number of anilines is 1. The summed E-state index contributed by atoms with van der Waals surface area (Å²) in [4.78, 5) is 10.3. The Kier molecular flexibility index (Phi) is 4.46. The van der Waals surface area contributed by atoms with Gasteiger partial charge >= 0.3 is 0 Å². The predicted octanol–water partition coefficient (Wildman–Crippen LogP) is 4.39. The molecule has 0 spiro atoms. The minimum atomic E-state index is -1.10. The fourth-order valence-corrected chi connectivity index (χ4v) is 2.10. The minimum Gasteiger partial charge on any atom is -0.376 e. The molecule has 0 unspecified atom stereocenters. The molecule has 0 amide bonds. The molecule has 2 aromatic rings. The molecule has 0 aliphatic heterocycles. The minimum absolute atomic E-state index is 0.178. The van der Waals surface area contributed by atoms with Gasteiger partial charge in [-0.15, -0.1) is 0 Å². The van der Waals surface area contributed by atoms with Crippen LogP contribution in [0.5, 0.6) is 0 Å². The molecular weight excluding hydrogens is 353 g/mol. The molecule has 0 saturated heterocycles. The van der Waals surface area contributed by atoms with E-state index in [9.17, 15) is 23.3 Å². The Balaban J connectivity index is 2.27. The SMILES string of the molecule is O=[N+]([O-])c1cc(Br)ccc1CNc1c(F)cc(F)cc1F. The molecular formula is C13H8BrF3N2O2. The lowest BCUT2D eigenvalue weighted by Gasteiger charge is -2.09. The van der Waals surface area contributed by atoms with Crippen LogP contribution < -0.4 is 5.32 Å². The van der Waals surface area contributed by atoms with Crippen LogP contribution in [0.4, 0.5) is 24.5 Å². The number of hydrogen-bond donors (Lipinski definition) is 1. The number of nitro groups is 1. The number of benzene rings is 2. The van der Waals surface area contributed by atoms with E-state index in [0.717, 1.165) is 0 Å². The van der Waals surface area contributed by atoms with Crippen LogP contribution in [-0.4, -0.2) is 4.92 Å². The molecule has 0 atom stereocenters. The quantitative estimate of drug-likeness (QED) is 0.649. The number of nitro benzene ring substituents is 1. The highest BCUT2D eigenvalue weighted by Gasteiger charge is 2.16. The first-order valence-corrected chi connectivity index (χ1v) is 6.49. The third-order valence-corrected chi connectivity index (χ3v) is 3.20. The van der Waals surface area contributed by atoms with Crippen LogP contribution in [-0.2, 0) is 6.54 Å². The zero-order chi connectivity index (χ0) is 15.6. The van der Waals surface area contributed by atoms with E-state index in [1.54, 1.807) is 6.07 Å². The summed E-state index contributed by atoms with van der Waals surface area (Å²) in [7, 11) is 0. The first kappa shape index (κ1) is 15.3. The van der Waals surface area contributed by atoms with Crippen molar-refractivity contribution in [3.05, 3.63) is 67.9 Å². The van der Waals surface area contributed by atoms with E-state index in [1.807, 2.05) is 0 Å². The van der Waals surface area contributed by atoms with Crippen LogP contribution in [0.25, 0.3) is 0 Å². The van der Waals surface area contributed by atoms with E-state index >= 15 is 0 Å². The lowest BCUT2D eigenvalue weighted by molar-refractivity contribution is -0.385. The number of nitrogens with one attached hydrogen (secondary N) is 1. The standard InChI is InChI=1S/C13H8BrF3N2O2/c14-8-2-1-7(12(3-8)19(20)21)6-18-13-10(16)4-9(15)5-11(13)17/h1-5,18H,6H2. The predicted molar refractivity (Wildman–Crippen MR) is 74.4 cm³/mol. The molecule has 2 aromatic carbocycles. The van der Waals surface area contributed by atoms with Crippen molar-refractivity contribution in [1.82, 2.24) is 0 Å². The highest BCUT2D eigenvalue weighted by Crippen LogP contribution is 2.26. The Morgan fingerprint density at radius 2 is 1.76 bits per heavy atom. The Morgan fingerprint density at radius 3 is 2.33 bits per heavy atom. The van der Waals surface area contributed by atoms with E-state index in [1.165, 1.54) is 12.1 Å². The van der Waals surface area contributed by atoms with E-state index in [-0.39, 0.29) is 17.8 Å². The number of rotatable bonds is 4. The molecule has 0 heterocycles. The van der Waals surface area contributed by atoms with Gasteiger partial charge in [-0.2, -0.15) is 0 Å². The van der Waals surface area contributed by atoms with Gasteiger partial charge in [0.15, 0.2) is 11.6 Å². The van der Waals surface area contributed by atoms with Gasteiger partial charge in [0, 0.05) is 34.8 Å². The Morgan fingerprint density at radius 1 is 1.14 bits per heavy atom. The monoisotopic (exact) mass is 360 g/mol. The molecule has 0 radical (unpaired) electrons. The van der Waals surface area contributed by atoms with Gasteiger partial charge in [-0.05, 0) is 12.1 Å². The van der Waals surface area contributed by atoms with Crippen molar-refractivity contribution in [2.75, 3.05) is 5.32 Å². The highest BCUT2D eigenvalue weighted by atomic mass is 79.9. The first-order chi connectivity index (χ1) is 9.88. The number of hydrogen-bond acceptors (Lipinski definition) is 3. The Labute approximate surface area is 125 Å². The molecule has 1 N–H and O–H groups in total. The lowest BCUT2D eigenvalue weighted by atomic mass is 10.1. The van der Waals surface area contributed by atoms with Gasteiger partial charge in [0.05, 0.1) is 4.92 Å². The highest BCUT2D eigenvalue weighted by molar-refractivity contribution is 9.10. The van der Waals surface area contributed by atoms with Crippen LogP contribution in [0.3, 0.4) is 0 Å². The smallest absolute Gasteiger partial charge is 0.275 e. The summed E-state index contributed by atoms with van der Waals surface area (Å²) < 4.78 is 40.2. The third kappa shape index (κ3) is 3.52. The summed E-state index contributed by atoms with van der Waals surface area (Å²) in [6.45, 7) is -0.178. The lowest BCUT2D eigenvalue weighted by Crippen LogP contribution is -2.06. The maximum atomic E-state index is 13.5. The fourth-order valence-electron chi connectivity index (χ4n) is 1.75. The maximum Gasteiger partial charge on any atom is 0.275 e. The van der Waals surface area contributed by atoms with E-state index in [4.69, 9.17) is 0 Å². The average Bonchev–Trinajstić information content (AvgIpc) is 2.38. The molecule has 0 fully saturated rings. The van der Waals surface area contributed by atoms with Crippen molar-refractivity contribution in [1.29, 1.82) is 0 Å². The second-order valence-electron chi connectivity index (χ2n) is 4.13. The van der Waals surface area contributed by atoms with Crippen molar-refractivity contribution in [3.8, 4) is 0 Å². The van der Waals surface area contributed by atoms with Crippen molar-refractivity contribution >= 4 is 27.3 Å². The summed E-state index contributed by atoms with van der Waals surface area (Å²) in [6, 6.07) is 5.37. The van der Waals surface area contributed by atoms with Gasteiger partial charge in [0.1, 0.15) is 11.5 Å². The molecule has 2 rings (SSSR count). The van der Waals surface area contributed by atoms with Crippen LogP contribution in [0.1, 0.15) is 5.56 Å². The van der Waals surface area contributed by atoms with Crippen LogP contribution >= 0.6 is 15.9 Å². The van der Waals surface area contributed by atoms with Crippen LogP contribution in [0, 0.1) is 27.6 Å². The molecule has 0 aromatic heterocycles. The Hall–Kier alpha value is -2.09. The number of nitrogens with zero attached hydrogens (tertiary/aromatic N) is 1. The normalized spacial score (nSPS) is 10.5. The summed E-state index contributed by atoms with van der Waals surface area (Å²) >= 11 is 3.11. The van der Waals surface area contributed by atoms with E-state index < -0.39 is 28.1 Å². The fraction of sp³-hybridized carbons (Fsp3) is 0.0769. The molecule has 110 valence electrons. The van der Waals surface area contributed by atoms with E-state index in [0.29, 0.717) is 16.6 Å². The molecule has 8 heteroatoms. The average molecular weight is 361 g/mol. The summed E-state index contributed by atoms with van der Waals surface area (Å²) in [5.74, 6) is -3.25. The van der Waals surface area contributed by atoms with Crippen LogP contribution in [0.15, 0.2) is 34.8 Å². The van der Waals surface area contributed by atoms with Crippen LogP contribution in [0.2, 0.25) is 0 Å². The first-order valence-electron chi connectivity index (χ1n) is 5.69. The molecule has 0 saturated carbocycles. The molecule has 0 aliphatic rings. The second-order valence-corrected chi connectivity index (χ2v) is 5.04. The van der Waals surface area contributed by atoms with E-state index in [2.05, 4.69) is 21.2 Å². The van der Waals surface area contributed by atoms with Gasteiger partial charge in [0.25, 0.3) is 5.69 Å². The van der Waals surface area contributed by atoms with Gasteiger partial charge < -0.3 is 5.32 Å². The summed E-state index contributed by atoms with van der Waals surface area (Å²) in [6.07, 6.45) is 0. The van der Waals surface area contributed by atoms with Gasteiger partial charge in [-0.25, -0.2) is 13.2 Å². The molecule has 21 heavy (non-hydrogen) atoms. The molecule has 4 nitrogen and oxygen atoms in total. The van der Waals surface area contributed by atoms with Crippen molar-refractivity contribution in [2.45, 2.75) is 6.54 Å². The third-order valence-electron chi connectivity index (χ3n) is 2.71. The molecule has 0 bridgehead atoms. The Bertz CT molecular complexity index is 687. The van der Waals surface area contributed by atoms with Crippen molar-refractivity contribution in [2.24, 2.45) is 0 Å². The topological polar surface area (TPSA) is 55.2 Å². The zero-order valence-corrected chi connectivity index (χ0v) is 12.0. The second kappa shape index (κ2) is 6.13. The van der Waals surface area contributed by atoms with Gasteiger partial charge in [0.2, 0.25) is 0 Å². The summed E-state index contributed by atoms with van der Waals surface area (Å²) in [5, 5.41) is 13.3. The molecule has 0 aliphatic carbocycles. The van der Waals surface area contributed by atoms with Crippen molar-refractivity contribution < 1.29 is 18.1 Å². The van der Waals surface area contributed by atoms with Gasteiger partial charge in [-0.3, -0.25) is 10.1 Å². The largest absolute Gasteiger partial charge is 0.376 e.